The highest BCUT2D eigenvalue weighted by Crippen LogP contribution is 2.15. The summed E-state index contributed by atoms with van der Waals surface area (Å²) in [4.78, 5) is 10.5. The summed E-state index contributed by atoms with van der Waals surface area (Å²) in [6.07, 6.45) is 0.391. The lowest BCUT2D eigenvalue weighted by Gasteiger charge is -2.09. The summed E-state index contributed by atoms with van der Waals surface area (Å²) < 4.78 is 5.31. The lowest BCUT2D eigenvalue weighted by Crippen LogP contribution is -2.32. The van der Waals surface area contributed by atoms with Crippen LogP contribution in [0.2, 0.25) is 0 Å². The average molecular weight is 238 g/mol. The van der Waals surface area contributed by atoms with Crippen LogP contribution < -0.4 is 15.8 Å². The number of carboxylic acids is 1. The van der Waals surface area contributed by atoms with Gasteiger partial charge in [-0.2, -0.15) is 0 Å². The van der Waals surface area contributed by atoms with Crippen molar-refractivity contribution in [2.24, 2.45) is 5.73 Å². The third-order valence-electron chi connectivity index (χ3n) is 2.27. The maximum Gasteiger partial charge on any atom is 0.320 e. The first-order valence-corrected chi connectivity index (χ1v) is 5.58. The van der Waals surface area contributed by atoms with E-state index in [9.17, 15) is 4.79 Å². The van der Waals surface area contributed by atoms with Crippen LogP contribution in [0.15, 0.2) is 24.3 Å². The van der Waals surface area contributed by atoms with E-state index < -0.39 is 12.0 Å². The van der Waals surface area contributed by atoms with Gasteiger partial charge in [0.15, 0.2) is 0 Å². The lowest BCUT2D eigenvalue weighted by molar-refractivity contribution is -0.138. The Kier molecular flexibility index (Phi) is 5.29. The fraction of sp³-hybridized carbons (Fsp3) is 0.417. The van der Waals surface area contributed by atoms with E-state index in [0.717, 1.165) is 11.4 Å². The van der Waals surface area contributed by atoms with E-state index in [-0.39, 0.29) is 0 Å². The van der Waals surface area contributed by atoms with Crippen LogP contribution in [0.4, 0.5) is 5.69 Å². The highest BCUT2D eigenvalue weighted by atomic mass is 16.5. The van der Waals surface area contributed by atoms with Gasteiger partial charge < -0.3 is 20.9 Å². The van der Waals surface area contributed by atoms with Gasteiger partial charge in [0.1, 0.15) is 11.8 Å². The zero-order valence-corrected chi connectivity index (χ0v) is 9.85. The van der Waals surface area contributed by atoms with Gasteiger partial charge in [0.05, 0.1) is 6.61 Å². The summed E-state index contributed by atoms with van der Waals surface area (Å²) >= 11 is 0. The van der Waals surface area contributed by atoms with Gasteiger partial charge in [-0.3, -0.25) is 4.79 Å². The molecule has 0 saturated heterocycles. The van der Waals surface area contributed by atoms with Gasteiger partial charge >= 0.3 is 5.97 Å². The van der Waals surface area contributed by atoms with Crippen LogP contribution in [0.5, 0.6) is 5.75 Å². The first-order chi connectivity index (χ1) is 8.13. The van der Waals surface area contributed by atoms with E-state index in [1.54, 1.807) is 0 Å². The number of carbonyl (C=O) groups is 1. The summed E-state index contributed by atoms with van der Waals surface area (Å²) in [7, 11) is 0. The van der Waals surface area contributed by atoms with Crippen molar-refractivity contribution in [3.8, 4) is 5.75 Å². The summed E-state index contributed by atoms with van der Waals surface area (Å²) in [5.74, 6) is -0.154. The minimum absolute atomic E-state index is 0.391. The smallest absolute Gasteiger partial charge is 0.320 e. The molecule has 0 radical (unpaired) electrons. The van der Waals surface area contributed by atoms with Crippen molar-refractivity contribution in [1.82, 2.24) is 0 Å². The number of carboxylic acid groups (broad SMARTS) is 1. The van der Waals surface area contributed by atoms with Crippen LogP contribution >= 0.6 is 0 Å². The molecule has 4 N–H and O–H groups in total. The van der Waals surface area contributed by atoms with E-state index >= 15 is 0 Å². The second kappa shape index (κ2) is 6.75. The second-order valence-electron chi connectivity index (χ2n) is 3.62. The quantitative estimate of drug-likeness (QED) is 0.666. The Bertz CT molecular complexity index is 351. The van der Waals surface area contributed by atoms with Crippen LogP contribution in [0.1, 0.15) is 13.3 Å². The van der Waals surface area contributed by atoms with E-state index in [1.165, 1.54) is 0 Å². The number of aliphatic carboxylic acids is 1. The van der Waals surface area contributed by atoms with Crippen LogP contribution in [0, 0.1) is 0 Å². The topological polar surface area (TPSA) is 84.6 Å². The Labute approximate surface area is 101 Å². The number of ether oxygens (including phenoxy) is 1. The van der Waals surface area contributed by atoms with Crippen LogP contribution in [0.3, 0.4) is 0 Å². The molecule has 1 rings (SSSR count). The Morgan fingerprint density at radius 3 is 2.65 bits per heavy atom. The Morgan fingerprint density at radius 1 is 1.47 bits per heavy atom. The van der Waals surface area contributed by atoms with Gasteiger partial charge in [-0.05, 0) is 37.6 Å². The molecule has 17 heavy (non-hydrogen) atoms. The molecule has 0 saturated carbocycles. The van der Waals surface area contributed by atoms with Crippen molar-refractivity contribution in [3.63, 3.8) is 0 Å². The minimum Gasteiger partial charge on any atom is -0.494 e. The van der Waals surface area contributed by atoms with Crippen molar-refractivity contribution >= 4 is 11.7 Å². The summed E-state index contributed by atoms with van der Waals surface area (Å²) in [6.45, 7) is 3.10. The summed E-state index contributed by atoms with van der Waals surface area (Å²) in [5.41, 5.74) is 6.31. The highest BCUT2D eigenvalue weighted by molar-refractivity contribution is 5.73. The number of nitrogens with two attached hydrogens (primary N) is 1. The molecule has 0 aliphatic heterocycles. The van der Waals surface area contributed by atoms with Gasteiger partial charge in [-0.1, -0.05) is 0 Å². The molecule has 0 fully saturated rings. The third kappa shape index (κ3) is 4.74. The third-order valence-corrected chi connectivity index (χ3v) is 2.27. The van der Waals surface area contributed by atoms with E-state index in [1.807, 2.05) is 31.2 Å². The van der Waals surface area contributed by atoms with Crippen molar-refractivity contribution in [1.29, 1.82) is 0 Å². The molecule has 1 aromatic carbocycles. The van der Waals surface area contributed by atoms with Crippen molar-refractivity contribution < 1.29 is 14.6 Å². The molecule has 0 spiro atoms. The SMILES string of the molecule is CCOc1ccc(NCCC(N)C(=O)O)cc1. The van der Waals surface area contributed by atoms with Gasteiger partial charge in [0.2, 0.25) is 0 Å². The second-order valence-corrected chi connectivity index (χ2v) is 3.62. The molecule has 1 unspecified atom stereocenters. The minimum atomic E-state index is -0.974. The Morgan fingerprint density at radius 2 is 2.12 bits per heavy atom. The molecule has 0 heterocycles. The van der Waals surface area contributed by atoms with E-state index in [0.29, 0.717) is 19.6 Å². The fourth-order valence-electron chi connectivity index (χ4n) is 1.33. The Hall–Kier alpha value is -1.75. The highest BCUT2D eigenvalue weighted by Gasteiger charge is 2.09. The number of rotatable bonds is 7. The molecule has 5 nitrogen and oxygen atoms in total. The van der Waals surface area contributed by atoms with Gasteiger partial charge in [-0.25, -0.2) is 0 Å². The largest absolute Gasteiger partial charge is 0.494 e. The van der Waals surface area contributed by atoms with Crippen LogP contribution in [0.25, 0.3) is 0 Å². The van der Waals surface area contributed by atoms with Crippen LogP contribution in [-0.2, 0) is 4.79 Å². The molecule has 0 amide bonds. The predicted octanol–water partition coefficient (Wildman–Crippen LogP) is 1.30. The maximum absolute atomic E-state index is 10.5. The molecule has 0 bridgehead atoms. The van der Waals surface area contributed by atoms with E-state index in [4.69, 9.17) is 15.6 Å². The summed E-state index contributed by atoms with van der Waals surface area (Å²) in [5, 5.41) is 11.7. The van der Waals surface area contributed by atoms with Crippen molar-refractivity contribution in [3.05, 3.63) is 24.3 Å². The Balaban J connectivity index is 2.34. The van der Waals surface area contributed by atoms with Crippen molar-refractivity contribution in [2.75, 3.05) is 18.5 Å². The number of anilines is 1. The normalized spacial score (nSPS) is 11.9. The average Bonchev–Trinajstić information content (AvgIpc) is 2.31. The number of nitrogens with one attached hydrogen (secondary N) is 1. The molecular weight excluding hydrogens is 220 g/mol. The van der Waals surface area contributed by atoms with E-state index in [2.05, 4.69) is 5.32 Å². The van der Waals surface area contributed by atoms with Crippen molar-refractivity contribution in [2.45, 2.75) is 19.4 Å². The maximum atomic E-state index is 10.5. The fourth-order valence-corrected chi connectivity index (χ4v) is 1.33. The van der Waals surface area contributed by atoms with Gasteiger partial charge in [0, 0.05) is 12.2 Å². The van der Waals surface area contributed by atoms with Crippen LogP contribution in [-0.4, -0.2) is 30.3 Å². The zero-order chi connectivity index (χ0) is 12.7. The van der Waals surface area contributed by atoms with Gasteiger partial charge in [-0.15, -0.1) is 0 Å². The summed E-state index contributed by atoms with van der Waals surface area (Å²) in [6, 6.07) is 6.69. The first kappa shape index (κ1) is 13.3. The molecular formula is C12H18N2O3. The standard InChI is InChI=1S/C12H18N2O3/c1-2-17-10-5-3-9(4-6-10)14-8-7-11(13)12(15)16/h3-6,11,14H,2,7-8,13H2,1H3,(H,15,16). The lowest BCUT2D eigenvalue weighted by atomic mass is 10.2. The molecule has 5 heteroatoms. The molecule has 0 aliphatic carbocycles. The number of benzene rings is 1. The molecule has 0 aromatic heterocycles. The molecule has 0 aliphatic rings. The monoisotopic (exact) mass is 238 g/mol. The number of hydrogen-bond donors (Lipinski definition) is 3. The predicted molar refractivity (Wildman–Crippen MR) is 66.3 cm³/mol. The first-order valence-electron chi connectivity index (χ1n) is 5.58. The molecule has 94 valence electrons. The zero-order valence-electron chi connectivity index (χ0n) is 9.85. The molecule has 1 aromatic rings. The van der Waals surface area contributed by atoms with Gasteiger partial charge in [0.25, 0.3) is 0 Å². The molecule has 1 atom stereocenters. The number of hydrogen-bond acceptors (Lipinski definition) is 4.